The number of rotatable bonds is 4. The average Bonchev–Trinajstić information content (AvgIpc) is 3.34. The van der Waals surface area contributed by atoms with Crippen molar-refractivity contribution in [3.8, 4) is 11.4 Å². The molecule has 0 bridgehead atoms. The van der Waals surface area contributed by atoms with E-state index >= 15 is 0 Å². The van der Waals surface area contributed by atoms with Crippen LogP contribution >= 0.6 is 0 Å². The lowest BCUT2D eigenvalue weighted by Crippen LogP contribution is -2.17. The quantitative estimate of drug-likeness (QED) is 0.868. The number of anilines is 1. The van der Waals surface area contributed by atoms with E-state index in [-0.39, 0.29) is 5.82 Å². The highest BCUT2D eigenvalue weighted by Crippen LogP contribution is 2.52. The van der Waals surface area contributed by atoms with Crippen LogP contribution in [0.4, 0.5) is 10.1 Å². The van der Waals surface area contributed by atoms with Crippen LogP contribution in [0.5, 0.6) is 0 Å². The van der Waals surface area contributed by atoms with Crippen molar-refractivity contribution >= 4 is 5.69 Å². The van der Waals surface area contributed by atoms with Crippen LogP contribution in [0.25, 0.3) is 11.4 Å². The molecule has 20 heavy (non-hydrogen) atoms. The molecule has 6 heteroatoms. The second-order valence-electron chi connectivity index (χ2n) is 5.85. The van der Waals surface area contributed by atoms with E-state index in [9.17, 15) is 4.39 Å². The summed E-state index contributed by atoms with van der Waals surface area (Å²) in [6.45, 7) is 0. The molecule has 0 atom stereocenters. The van der Waals surface area contributed by atoms with E-state index in [1.807, 2.05) is 4.68 Å². The first-order valence-corrected chi connectivity index (χ1v) is 7.07. The highest BCUT2D eigenvalue weighted by Gasteiger charge is 2.44. The van der Waals surface area contributed by atoms with Crippen LogP contribution in [0.15, 0.2) is 18.2 Å². The number of nitrogens with zero attached hydrogens (tertiary/aromatic N) is 4. The van der Waals surface area contributed by atoms with E-state index in [1.165, 1.54) is 31.7 Å². The summed E-state index contributed by atoms with van der Waals surface area (Å²) >= 11 is 0. The Bertz CT molecular complexity index is 633. The van der Waals surface area contributed by atoms with Crippen LogP contribution in [-0.4, -0.2) is 20.2 Å². The number of aromatic nitrogens is 4. The monoisotopic (exact) mass is 273 g/mol. The maximum atomic E-state index is 14.0. The predicted molar refractivity (Wildman–Crippen MR) is 72.1 cm³/mol. The Morgan fingerprint density at radius 3 is 2.55 bits per heavy atom. The molecule has 1 aromatic carbocycles. The van der Waals surface area contributed by atoms with Gasteiger partial charge >= 0.3 is 0 Å². The molecule has 5 nitrogen and oxygen atoms in total. The Balaban J connectivity index is 1.79. The van der Waals surface area contributed by atoms with E-state index in [0.29, 0.717) is 35.0 Å². The fraction of sp³-hybridized carbons (Fsp3) is 0.500. The third-order valence-corrected chi connectivity index (χ3v) is 4.22. The highest BCUT2D eigenvalue weighted by atomic mass is 19.1. The van der Waals surface area contributed by atoms with Crippen molar-refractivity contribution in [1.29, 1.82) is 0 Å². The molecule has 0 spiro atoms. The van der Waals surface area contributed by atoms with Crippen molar-refractivity contribution in [2.45, 2.75) is 31.7 Å². The summed E-state index contributed by atoms with van der Waals surface area (Å²) in [4.78, 5) is 0. The smallest absolute Gasteiger partial charge is 0.185 e. The number of nitrogens with two attached hydrogens (primary N) is 1. The third-order valence-electron chi connectivity index (χ3n) is 4.22. The molecule has 104 valence electrons. The van der Waals surface area contributed by atoms with E-state index in [0.717, 1.165) is 0 Å². The Morgan fingerprint density at radius 1 is 1.20 bits per heavy atom. The van der Waals surface area contributed by atoms with Crippen molar-refractivity contribution in [3.63, 3.8) is 0 Å². The Labute approximate surface area is 116 Å². The van der Waals surface area contributed by atoms with E-state index < -0.39 is 0 Å². The van der Waals surface area contributed by atoms with Gasteiger partial charge in [0.15, 0.2) is 5.82 Å². The first-order chi connectivity index (χ1) is 9.74. The fourth-order valence-electron chi connectivity index (χ4n) is 2.95. The first-order valence-electron chi connectivity index (χ1n) is 7.07. The lowest BCUT2D eigenvalue weighted by atomic mass is 10.1. The van der Waals surface area contributed by atoms with Crippen LogP contribution in [0.1, 0.15) is 31.7 Å². The Hall–Kier alpha value is -1.98. The summed E-state index contributed by atoms with van der Waals surface area (Å²) in [5.41, 5.74) is 6.67. The van der Waals surface area contributed by atoms with Gasteiger partial charge in [-0.3, -0.25) is 0 Å². The zero-order valence-electron chi connectivity index (χ0n) is 11.0. The van der Waals surface area contributed by atoms with Gasteiger partial charge in [-0.15, -0.1) is 5.10 Å². The fourth-order valence-corrected chi connectivity index (χ4v) is 2.95. The topological polar surface area (TPSA) is 69.6 Å². The largest absolute Gasteiger partial charge is 0.399 e. The zero-order chi connectivity index (χ0) is 13.7. The minimum atomic E-state index is -0.333. The summed E-state index contributed by atoms with van der Waals surface area (Å²) in [5.74, 6) is 1.46. The third kappa shape index (κ3) is 1.95. The molecule has 0 amide bonds. The van der Waals surface area contributed by atoms with E-state index in [1.54, 1.807) is 12.1 Å². The van der Waals surface area contributed by atoms with E-state index in [2.05, 4.69) is 15.5 Å². The van der Waals surface area contributed by atoms with Gasteiger partial charge in [-0.1, -0.05) is 0 Å². The standard InChI is InChI=1S/C14H16FN5/c15-12-6-5-10(16)7-11(12)14-17-18-19-20(14)13(8-1-2-8)9-3-4-9/h5-9,13H,1-4,16H2. The van der Waals surface area contributed by atoms with Gasteiger partial charge in [0.25, 0.3) is 0 Å². The SMILES string of the molecule is Nc1ccc(F)c(-c2nnnn2C(C2CC2)C2CC2)c1. The van der Waals surface area contributed by atoms with Crippen molar-refractivity contribution in [3.05, 3.63) is 24.0 Å². The Morgan fingerprint density at radius 2 is 1.90 bits per heavy atom. The van der Waals surface area contributed by atoms with Gasteiger partial charge in [-0.25, -0.2) is 9.07 Å². The molecule has 0 unspecified atom stereocenters. The molecule has 2 aromatic rings. The molecular weight excluding hydrogens is 257 g/mol. The molecule has 1 heterocycles. The van der Waals surface area contributed by atoms with Gasteiger partial charge in [0.1, 0.15) is 5.82 Å². The normalized spacial score (nSPS) is 18.7. The lowest BCUT2D eigenvalue weighted by Gasteiger charge is -2.17. The molecule has 2 saturated carbocycles. The van der Waals surface area contributed by atoms with E-state index in [4.69, 9.17) is 5.73 Å². The molecular formula is C14H16FN5. The molecule has 0 radical (unpaired) electrons. The van der Waals surface area contributed by atoms with Crippen LogP contribution in [-0.2, 0) is 0 Å². The van der Waals surface area contributed by atoms with Crippen LogP contribution in [0, 0.1) is 17.7 Å². The number of tetrazole rings is 1. The summed E-state index contributed by atoms with van der Waals surface area (Å²) < 4.78 is 15.9. The number of nitrogen functional groups attached to an aromatic ring is 1. The van der Waals surface area contributed by atoms with Gasteiger partial charge in [-0.2, -0.15) is 0 Å². The average molecular weight is 273 g/mol. The molecule has 2 N–H and O–H groups in total. The summed E-state index contributed by atoms with van der Waals surface area (Å²) in [6.07, 6.45) is 4.89. The molecule has 4 rings (SSSR count). The summed E-state index contributed by atoms with van der Waals surface area (Å²) in [6, 6.07) is 4.84. The van der Waals surface area contributed by atoms with Crippen LogP contribution < -0.4 is 5.73 Å². The lowest BCUT2D eigenvalue weighted by molar-refractivity contribution is 0.356. The molecule has 1 aromatic heterocycles. The second-order valence-corrected chi connectivity index (χ2v) is 5.85. The van der Waals surface area contributed by atoms with Gasteiger partial charge in [0.05, 0.1) is 11.6 Å². The summed E-state index contributed by atoms with van der Waals surface area (Å²) in [5, 5.41) is 11.9. The Kier molecular flexibility index (Phi) is 2.52. The molecule has 0 saturated heterocycles. The van der Waals surface area contributed by atoms with Gasteiger partial charge in [0.2, 0.25) is 0 Å². The van der Waals surface area contributed by atoms with Crippen LogP contribution in [0.2, 0.25) is 0 Å². The van der Waals surface area contributed by atoms with Gasteiger partial charge in [-0.05, 0) is 66.1 Å². The number of hydrogen-bond acceptors (Lipinski definition) is 4. The second kappa shape index (κ2) is 4.26. The maximum Gasteiger partial charge on any atom is 0.185 e. The number of benzene rings is 1. The molecule has 0 aliphatic heterocycles. The van der Waals surface area contributed by atoms with Gasteiger partial charge < -0.3 is 5.73 Å². The minimum Gasteiger partial charge on any atom is -0.399 e. The zero-order valence-corrected chi connectivity index (χ0v) is 11.0. The molecule has 2 aliphatic carbocycles. The van der Waals surface area contributed by atoms with Crippen molar-refractivity contribution in [1.82, 2.24) is 20.2 Å². The van der Waals surface area contributed by atoms with Crippen molar-refractivity contribution < 1.29 is 4.39 Å². The highest BCUT2D eigenvalue weighted by molar-refractivity contribution is 5.61. The van der Waals surface area contributed by atoms with Crippen molar-refractivity contribution in [2.75, 3.05) is 5.73 Å². The minimum absolute atomic E-state index is 0.320. The maximum absolute atomic E-state index is 14.0. The molecule has 2 fully saturated rings. The number of hydrogen-bond donors (Lipinski definition) is 1. The summed E-state index contributed by atoms with van der Waals surface area (Å²) in [7, 11) is 0. The first kappa shape index (κ1) is 11.8. The molecule has 2 aliphatic rings. The number of halogens is 1. The predicted octanol–water partition coefficient (Wildman–Crippen LogP) is 2.42. The van der Waals surface area contributed by atoms with Crippen molar-refractivity contribution in [2.24, 2.45) is 11.8 Å². The van der Waals surface area contributed by atoms with Gasteiger partial charge in [0, 0.05) is 5.69 Å². The van der Waals surface area contributed by atoms with Crippen LogP contribution in [0.3, 0.4) is 0 Å².